The highest BCUT2D eigenvalue weighted by molar-refractivity contribution is 8.00. The fraction of sp³-hybridized carbons (Fsp3) is 0.625. The van der Waals surface area contributed by atoms with E-state index in [-0.39, 0.29) is 6.10 Å². The normalized spacial score (nSPS) is 24.7. The van der Waals surface area contributed by atoms with E-state index in [1.807, 2.05) is 0 Å². The van der Waals surface area contributed by atoms with Gasteiger partial charge >= 0.3 is 0 Å². The molecule has 1 fully saturated rings. The topological polar surface area (TPSA) is 21.3 Å². The first-order valence-corrected chi connectivity index (χ1v) is 8.23. The molecule has 0 saturated carbocycles. The second kappa shape index (κ2) is 6.67. The highest BCUT2D eigenvalue weighted by atomic mass is 32.2. The molecule has 1 saturated heterocycles. The van der Waals surface area contributed by atoms with Gasteiger partial charge in [-0.25, -0.2) is 0 Å². The van der Waals surface area contributed by atoms with Gasteiger partial charge in [-0.05, 0) is 44.9 Å². The van der Waals surface area contributed by atoms with Crippen molar-refractivity contribution in [2.45, 2.75) is 57.6 Å². The lowest BCUT2D eigenvalue weighted by Gasteiger charge is -2.20. The van der Waals surface area contributed by atoms with Crippen LogP contribution in [-0.2, 0) is 0 Å². The Bertz CT molecular complexity index is 390. The van der Waals surface area contributed by atoms with Crippen LogP contribution in [0.15, 0.2) is 24.3 Å². The summed E-state index contributed by atoms with van der Waals surface area (Å²) in [5, 5.41) is 4.52. The van der Waals surface area contributed by atoms with E-state index in [9.17, 15) is 0 Å². The first kappa shape index (κ1) is 14.7. The zero-order valence-corrected chi connectivity index (χ0v) is 13.2. The van der Waals surface area contributed by atoms with Crippen molar-refractivity contribution in [2.24, 2.45) is 0 Å². The van der Waals surface area contributed by atoms with E-state index in [1.54, 1.807) is 0 Å². The van der Waals surface area contributed by atoms with Crippen LogP contribution in [0.25, 0.3) is 0 Å². The maximum Gasteiger partial charge on any atom is 0.119 e. The van der Waals surface area contributed by atoms with Crippen LogP contribution in [0.1, 0.15) is 45.7 Å². The SMILES string of the molecule is CC(C)Oc1ccc(C(C)NC2CSC(C)C2)cc1. The van der Waals surface area contributed by atoms with Gasteiger partial charge in [-0.1, -0.05) is 19.1 Å². The maximum atomic E-state index is 5.67. The van der Waals surface area contributed by atoms with Crippen molar-refractivity contribution in [1.29, 1.82) is 0 Å². The molecule has 1 aromatic carbocycles. The lowest BCUT2D eigenvalue weighted by atomic mass is 10.1. The Morgan fingerprint density at radius 2 is 1.89 bits per heavy atom. The molecule has 0 radical (unpaired) electrons. The molecule has 0 aliphatic carbocycles. The van der Waals surface area contributed by atoms with Gasteiger partial charge in [-0.2, -0.15) is 11.8 Å². The minimum Gasteiger partial charge on any atom is -0.491 e. The Labute approximate surface area is 121 Å². The van der Waals surface area contributed by atoms with Gasteiger partial charge < -0.3 is 10.1 Å². The van der Waals surface area contributed by atoms with Crippen LogP contribution in [0, 0.1) is 0 Å². The highest BCUT2D eigenvalue weighted by Crippen LogP contribution is 2.28. The first-order valence-electron chi connectivity index (χ1n) is 7.19. The van der Waals surface area contributed by atoms with Gasteiger partial charge in [0.15, 0.2) is 0 Å². The molecule has 2 rings (SSSR count). The van der Waals surface area contributed by atoms with Crippen molar-refractivity contribution in [3.05, 3.63) is 29.8 Å². The van der Waals surface area contributed by atoms with E-state index >= 15 is 0 Å². The molecule has 1 aromatic rings. The number of thioether (sulfide) groups is 1. The van der Waals surface area contributed by atoms with Crippen molar-refractivity contribution >= 4 is 11.8 Å². The second-order valence-electron chi connectivity index (χ2n) is 5.70. The number of hydrogen-bond acceptors (Lipinski definition) is 3. The summed E-state index contributed by atoms with van der Waals surface area (Å²) in [5.74, 6) is 2.19. The summed E-state index contributed by atoms with van der Waals surface area (Å²) in [6.07, 6.45) is 1.52. The molecule has 3 atom stereocenters. The Hall–Kier alpha value is -0.670. The zero-order chi connectivity index (χ0) is 13.8. The molecule has 0 spiro atoms. The molecule has 1 heterocycles. The van der Waals surface area contributed by atoms with Crippen LogP contribution in [0.5, 0.6) is 5.75 Å². The summed E-state index contributed by atoms with van der Waals surface area (Å²) in [7, 11) is 0. The number of benzene rings is 1. The molecule has 3 unspecified atom stereocenters. The van der Waals surface area contributed by atoms with Crippen molar-refractivity contribution in [3.8, 4) is 5.75 Å². The molecular weight excluding hydrogens is 254 g/mol. The summed E-state index contributed by atoms with van der Waals surface area (Å²) in [5.41, 5.74) is 1.33. The number of nitrogens with one attached hydrogen (secondary N) is 1. The molecule has 19 heavy (non-hydrogen) atoms. The van der Waals surface area contributed by atoms with E-state index in [4.69, 9.17) is 4.74 Å². The summed E-state index contributed by atoms with van der Waals surface area (Å²) >= 11 is 2.07. The Kier molecular flexibility index (Phi) is 5.17. The third kappa shape index (κ3) is 4.43. The van der Waals surface area contributed by atoms with E-state index in [1.165, 1.54) is 17.7 Å². The van der Waals surface area contributed by atoms with Crippen LogP contribution in [0.2, 0.25) is 0 Å². The molecule has 1 N–H and O–H groups in total. The van der Waals surface area contributed by atoms with E-state index in [2.05, 4.69) is 69.0 Å². The van der Waals surface area contributed by atoms with Crippen molar-refractivity contribution in [1.82, 2.24) is 5.32 Å². The van der Waals surface area contributed by atoms with Crippen LogP contribution in [0.4, 0.5) is 0 Å². The van der Waals surface area contributed by atoms with Crippen LogP contribution in [-0.4, -0.2) is 23.1 Å². The standard InChI is InChI=1S/C16H25NOS/c1-11(2)18-16-7-5-14(6-8-16)13(4)17-15-9-12(3)19-10-15/h5-8,11-13,15,17H,9-10H2,1-4H3. The fourth-order valence-corrected chi connectivity index (χ4v) is 3.65. The molecule has 106 valence electrons. The Balaban J connectivity index is 1.90. The van der Waals surface area contributed by atoms with Gasteiger partial charge in [0.2, 0.25) is 0 Å². The van der Waals surface area contributed by atoms with Crippen LogP contribution < -0.4 is 10.1 Å². The molecule has 1 aliphatic rings. The highest BCUT2D eigenvalue weighted by Gasteiger charge is 2.23. The summed E-state index contributed by atoms with van der Waals surface area (Å²) < 4.78 is 5.67. The predicted octanol–water partition coefficient (Wildman–Crippen LogP) is 4.02. The van der Waals surface area contributed by atoms with Gasteiger partial charge in [0, 0.05) is 23.1 Å². The van der Waals surface area contributed by atoms with Crippen molar-refractivity contribution in [2.75, 3.05) is 5.75 Å². The predicted molar refractivity (Wildman–Crippen MR) is 84.1 cm³/mol. The smallest absolute Gasteiger partial charge is 0.119 e. The largest absolute Gasteiger partial charge is 0.491 e. The Morgan fingerprint density at radius 3 is 2.42 bits per heavy atom. The molecule has 2 nitrogen and oxygen atoms in total. The average Bonchev–Trinajstić information content (AvgIpc) is 2.75. The quantitative estimate of drug-likeness (QED) is 0.879. The first-order chi connectivity index (χ1) is 9.04. The van der Waals surface area contributed by atoms with E-state index < -0.39 is 0 Å². The van der Waals surface area contributed by atoms with E-state index in [0.717, 1.165) is 11.0 Å². The average molecular weight is 279 g/mol. The Morgan fingerprint density at radius 1 is 1.21 bits per heavy atom. The second-order valence-corrected chi connectivity index (χ2v) is 7.17. The van der Waals surface area contributed by atoms with Gasteiger partial charge in [-0.3, -0.25) is 0 Å². The van der Waals surface area contributed by atoms with Crippen molar-refractivity contribution in [3.63, 3.8) is 0 Å². The third-order valence-corrected chi connectivity index (χ3v) is 4.79. The zero-order valence-electron chi connectivity index (χ0n) is 12.3. The molecule has 0 aromatic heterocycles. The van der Waals surface area contributed by atoms with Crippen LogP contribution in [0.3, 0.4) is 0 Å². The summed E-state index contributed by atoms with van der Waals surface area (Å²) in [6.45, 7) is 8.66. The van der Waals surface area contributed by atoms with Gasteiger partial charge in [0.1, 0.15) is 5.75 Å². The lowest BCUT2D eigenvalue weighted by Crippen LogP contribution is -2.31. The minimum absolute atomic E-state index is 0.235. The molecule has 0 bridgehead atoms. The number of hydrogen-bond donors (Lipinski definition) is 1. The number of ether oxygens (including phenoxy) is 1. The van der Waals surface area contributed by atoms with Crippen LogP contribution >= 0.6 is 11.8 Å². The summed E-state index contributed by atoms with van der Waals surface area (Å²) in [6, 6.07) is 9.53. The van der Waals surface area contributed by atoms with Gasteiger partial charge in [0.05, 0.1) is 6.10 Å². The summed E-state index contributed by atoms with van der Waals surface area (Å²) in [4.78, 5) is 0. The monoisotopic (exact) mass is 279 g/mol. The maximum absolute atomic E-state index is 5.67. The fourth-order valence-electron chi connectivity index (χ4n) is 2.49. The van der Waals surface area contributed by atoms with Gasteiger partial charge in [-0.15, -0.1) is 0 Å². The minimum atomic E-state index is 0.235. The van der Waals surface area contributed by atoms with E-state index in [0.29, 0.717) is 12.1 Å². The number of rotatable bonds is 5. The molecule has 0 amide bonds. The van der Waals surface area contributed by atoms with Crippen molar-refractivity contribution < 1.29 is 4.74 Å². The third-order valence-electron chi connectivity index (χ3n) is 3.44. The molecule has 3 heteroatoms. The molecular formula is C16H25NOS. The lowest BCUT2D eigenvalue weighted by molar-refractivity contribution is 0.242. The molecule has 1 aliphatic heterocycles. The van der Waals surface area contributed by atoms with Gasteiger partial charge in [0.25, 0.3) is 0 Å².